The summed E-state index contributed by atoms with van der Waals surface area (Å²) >= 11 is 0. The average molecular weight is 207 g/mol. The second kappa shape index (κ2) is 4.00. The van der Waals surface area contributed by atoms with Crippen molar-refractivity contribution in [3.63, 3.8) is 0 Å². The SMILES string of the molecule is Cc1cc(B2OCCO2)ccc1[N+](=O)[O-]. The smallest absolute Gasteiger partial charge is 0.405 e. The monoisotopic (exact) mass is 207 g/mol. The first-order chi connectivity index (χ1) is 7.18. The van der Waals surface area contributed by atoms with Gasteiger partial charge in [0, 0.05) is 11.6 Å². The number of rotatable bonds is 2. The van der Waals surface area contributed by atoms with E-state index in [0.717, 1.165) is 5.46 Å². The Morgan fingerprint density at radius 3 is 2.60 bits per heavy atom. The summed E-state index contributed by atoms with van der Waals surface area (Å²) in [5.74, 6) is 0. The molecule has 0 bridgehead atoms. The number of nitrogens with zero attached hydrogens (tertiary/aromatic N) is 1. The van der Waals surface area contributed by atoms with Crippen LogP contribution in [0.25, 0.3) is 0 Å². The minimum absolute atomic E-state index is 0.122. The van der Waals surface area contributed by atoms with Crippen LogP contribution in [0.1, 0.15) is 5.56 Å². The molecule has 0 spiro atoms. The van der Waals surface area contributed by atoms with Crippen molar-refractivity contribution in [1.82, 2.24) is 0 Å². The third-order valence-electron chi connectivity index (χ3n) is 2.31. The van der Waals surface area contributed by atoms with E-state index in [1.165, 1.54) is 6.07 Å². The highest BCUT2D eigenvalue weighted by Crippen LogP contribution is 2.15. The Balaban J connectivity index is 2.28. The van der Waals surface area contributed by atoms with E-state index in [-0.39, 0.29) is 12.8 Å². The summed E-state index contributed by atoms with van der Waals surface area (Å²) < 4.78 is 10.6. The molecule has 15 heavy (non-hydrogen) atoms. The number of nitro benzene ring substituents is 1. The summed E-state index contributed by atoms with van der Waals surface area (Å²) in [6, 6.07) is 4.88. The topological polar surface area (TPSA) is 61.6 Å². The van der Waals surface area contributed by atoms with Gasteiger partial charge >= 0.3 is 7.12 Å². The molecule has 0 amide bonds. The normalized spacial score (nSPS) is 15.7. The van der Waals surface area contributed by atoms with Crippen LogP contribution in [0.4, 0.5) is 5.69 Å². The van der Waals surface area contributed by atoms with Gasteiger partial charge in [-0.2, -0.15) is 0 Å². The van der Waals surface area contributed by atoms with Crippen molar-refractivity contribution in [3.05, 3.63) is 33.9 Å². The van der Waals surface area contributed by atoms with E-state index in [9.17, 15) is 10.1 Å². The van der Waals surface area contributed by atoms with Crippen molar-refractivity contribution in [2.75, 3.05) is 13.2 Å². The lowest BCUT2D eigenvalue weighted by Gasteiger charge is -2.05. The second-order valence-corrected chi connectivity index (χ2v) is 3.38. The molecule has 1 heterocycles. The predicted molar refractivity (Wildman–Crippen MR) is 55.1 cm³/mol. The van der Waals surface area contributed by atoms with Crippen LogP contribution in [0.2, 0.25) is 0 Å². The number of benzene rings is 1. The molecule has 78 valence electrons. The Hall–Kier alpha value is -1.40. The van der Waals surface area contributed by atoms with Crippen molar-refractivity contribution >= 4 is 18.3 Å². The fraction of sp³-hybridized carbons (Fsp3) is 0.333. The molecule has 0 radical (unpaired) electrons. The van der Waals surface area contributed by atoms with E-state index in [1.807, 2.05) is 0 Å². The van der Waals surface area contributed by atoms with Gasteiger partial charge in [-0.25, -0.2) is 0 Å². The molecule has 1 aromatic rings. The van der Waals surface area contributed by atoms with Crippen LogP contribution < -0.4 is 5.46 Å². The molecule has 1 saturated heterocycles. The number of hydrogen-bond donors (Lipinski definition) is 0. The van der Waals surface area contributed by atoms with Gasteiger partial charge in [-0.15, -0.1) is 0 Å². The van der Waals surface area contributed by atoms with Crippen molar-refractivity contribution < 1.29 is 14.2 Å². The van der Waals surface area contributed by atoms with Gasteiger partial charge in [-0.05, 0) is 12.4 Å². The molecule has 1 aliphatic heterocycles. The van der Waals surface area contributed by atoms with Crippen LogP contribution in [0, 0.1) is 17.0 Å². The van der Waals surface area contributed by atoms with Gasteiger partial charge in [-0.3, -0.25) is 10.1 Å². The Morgan fingerprint density at radius 1 is 1.40 bits per heavy atom. The third kappa shape index (κ3) is 2.00. The molecule has 2 rings (SSSR count). The van der Waals surface area contributed by atoms with Crippen molar-refractivity contribution in [3.8, 4) is 0 Å². The highest BCUT2D eigenvalue weighted by Gasteiger charge is 2.27. The minimum Gasteiger partial charge on any atom is -0.405 e. The van der Waals surface area contributed by atoms with Gasteiger partial charge in [0.05, 0.1) is 18.1 Å². The van der Waals surface area contributed by atoms with Gasteiger partial charge in [-0.1, -0.05) is 12.1 Å². The standard InChI is InChI=1S/C9H10BNO4/c1-7-6-8(10-14-4-5-15-10)2-3-9(7)11(12)13/h2-3,6H,4-5H2,1H3. The molecule has 0 unspecified atom stereocenters. The van der Waals surface area contributed by atoms with Gasteiger partial charge in [0.25, 0.3) is 5.69 Å². The van der Waals surface area contributed by atoms with E-state index < -0.39 is 4.92 Å². The summed E-state index contributed by atoms with van der Waals surface area (Å²) in [7, 11) is -0.371. The van der Waals surface area contributed by atoms with Crippen LogP contribution in [0.5, 0.6) is 0 Å². The molecule has 6 heteroatoms. The zero-order valence-corrected chi connectivity index (χ0v) is 8.30. The summed E-state index contributed by atoms with van der Waals surface area (Å²) in [6.07, 6.45) is 0. The Labute approximate surface area is 87.3 Å². The zero-order chi connectivity index (χ0) is 10.8. The molecule has 1 aromatic carbocycles. The molecule has 0 aliphatic carbocycles. The maximum Gasteiger partial charge on any atom is 0.494 e. The zero-order valence-electron chi connectivity index (χ0n) is 8.30. The summed E-state index contributed by atoms with van der Waals surface area (Å²) in [6.45, 7) is 2.85. The van der Waals surface area contributed by atoms with E-state index in [0.29, 0.717) is 18.8 Å². The van der Waals surface area contributed by atoms with Crippen LogP contribution in [-0.2, 0) is 9.31 Å². The number of hydrogen-bond acceptors (Lipinski definition) is 4. The van der Waals surface area contributed by atoms with Crippen LogP contribution in [-0.4, -0.2) is 25.3 Å². The summed E-state index contributed by atoms with van der Waals surface area (Å²) in [5.41, 5.74) is 1.57. The van der Waals surface area contributed by atoms with E-state index in [2.05, 4.69) is 0 Å². The van der Waals surface area contributed by atoms with Gasteiger partial charge in [0.2, 0.25) is 0 Å². The van der Waals surface area contributed by atoms with Crippen LogP contribution in [0.3, 0.4) is 0 Å². The lowest BCUT2D eigenvalue weighted by molar-refractivity contribution is -0.385. The molecule has 1 aliphatic rings. The van der Waals surface area contributed by atoms with Crippen molar-refractivity contribution in [1.29, 1.82) is 0 Å². The van der Waals surface area contributed by atoms with E-state index in [1.54, 1.807) is 19.1 Å². The van der Waals surface area contributed by atoms with Gasteiger partial charge in [0.1, 0.15) is 0 Å². The minimum atomic E-state index is -0.393. The molecule has 5 nitrogen and oxygen atoms in total. The maximum atomic E-state index is 10.6. The quantitative estimate of drug-likeness (QED) is 0.405. The first kappa shape index (κ1) is 10.1. The first-order valence-corrected chi connectivity index (χ1v) is 4.66. The first-order valence-electron chi connectivity index (χ1n) is 4.66. The largest absolute Gasteiger partial charge is 0.494 e. The second-order valence-electron chi connectivity index (χ2n) is 3.38. The lowest BCUT2D eigenvalue weighted by atomic mass is 9.78. The van der Waals surface area contributed by atoms with Gasteiger partial charge < -0.3 is 9.31 Å². The lowest BCUT2D eigenvalue weighted by Crippen LogP contribution is -2.31. The van der Waals surface area contributed by atoms with E-state index in [4.69, 9.17) is 9.31 Å². The fourth-order valence-corrected chi connectivity index (χ4v) is 1.58. The highest BCUT2D eigenvalue weighted by atomic mass is 16.6. The van der Waals surface area contributed by atoms with E-state index >= 15 is 0 Å². The number of nitro groups is 1. The Morgan fingerprint density at radius 2 is 2.07 bits per heavy atom. The van der Waals surface area contributed by atoms with Gasteiger partial charge in [0.15, 0.2) is 0 Å². The maximum absolute atomic E-state index is 10.6. The molecule has 0 aromatic heterocycles. The third-order valence-corrected chi connectivity index (χ3v) is 2.31. The predicted octanol–water partition coefficient (Wildman–Crippen LogP) is 0.645. The van der Waals surface area contributed by atoms with Crippen LogP contribution in [0.15, 0.2) is 18.2 Å². The molecule has 0 saturated carbocycles. The Kier molecular flexibility index (Phi) is 2.70. The molecular weight excluding hydrogens is 197 g/mol. The molecule has 1 fully saturated rings. The number of aryl methyl sites for hydroxylation is 1. The summed E-state index contributed by atoms with van der Waals surface area (Å²) in [5, 5.41) is 10.6. The van der Waals surface area contributed by atoms with Crippen molar-refractivity contribution in [2.24, 2.45) is 0 Å². The van der Waals surface area contributed by atoms with Crippen LogP contribution >= 0.6 is 0 Å². The fourth-order valence-electron chi connectivity index (χ4n) is 1.58. The highest BCUT2D eigenvalue weighted by molar-refractivity contribution is 6.61. The molecule has 0 atom stereocenters. The van der Waals surface area contributed by atoms with Crippen molar-refractivity contribution in [2.45, 2.75) is 6.92 Å². The Bertz CT molecular complexity index is 390. The molecule has 0 N–H and O–H groups in total. The summed E-state index contributed by atoms with van der Waals surface area (Å²) in [4.78, 5) is 10.2. The molecular formula is C9H10BNO4. The average Bonchev–Trinajstić information content (AvgIpc) is 2.69.